The molecule has 0 bridgehead atoms. The summed E-state index contributed by atoms with van der Waals surface area (Å²) in [5, 5.41) is 17.2. The summed E-state index contributed by atoms with van der Waals surface area (Å²) in [6, 6.07) is 16.9. The van der Waals surface area contributed by atoms with Crippen LogP contribution >= 0.6 is 11.8 Å². The molecule has 3 rings (SSSR count). The molecule has 3 aromatic rings. The van der Waals surface area contributed by atoms with Gasteiger partial charge in [0.2, 0.25) is 5.91 Å². The Bertz CT molecular complexity index is 1290. The van der Waals surface area contributed by atoms with E-state index in [-0.39, 0.29) is 27.7 Å². The maximum atomic E-state index is 12.5. The number of aryl methyl sites for hydroxylation is 1. The number of carbonyl (C=O) groups excluding carboxylic acids is 3. The third kappa shape index (κ3) is 6.11. The first-order chi connectivity index (χ1) is 16.3. The van der Waals surface area contributed by atoms with Gasteiger partial charge in [-0.05, 0) is 49.2 Å². The zero-order chi connectivity index (χ0) is 24.7. The smallest absolute Gasteiger partial charge is 0.325 e. The van der Waals surface area contributed by atoms with Gasteiger partial charge in [-0.25, -0.2) is 9.78 Å². The van der Waals surface area contributed by atoms with E-state index in [1.54, 1.807) is 36.4 Å². The van der Waals surface area contributed by atoms with Crippen molar-refractivity contribution in [3.05, 3.63) is 76.9 Å². The molecule has 4 amide bonds. The van der Waals surface area contributed by atoms with E-state index in [4.69, 9.17) is 5.73 Å². The lowest BCUT2D eigenvalue weighted by Crippen LogP contribution is -2.35. The fraction of sp³-hybridized carbons (Fsp3) is 0.125. The lowest BCUT2D eigenvalue weighted by atomic mass is 10.1. The Kier molecular flexibility index (Phi) is 7.84. The summed E-state index contributed by atoms with van der Waals surface area (Å²) < 4.78 is 0. The first-order valence-corrected chi connectivity index (χ1v) is 11.1. The number of aromatic nitrogens is 1. The van der Waals surface area contributed by atoms with E-state index >= 15 is 0 Å². The number of hydrogen-bond donors (Lipinski definition) is 4. The number of nitrogens with zero attached hydrogens (tertiary/aromatic N) is 2. The minimum absolute atomic E-state index is 0.0436. The van der Waals surface area contributed by atoms with Gasteiger partial charge in [0.15, 0.2) is 0 Å². The Morgan fingerprint density at radius 2 is 1.79 bits per heavy atom. The van der Waals surface area contributed by atoms with E-state index in [2.05, 4.69) is 20.9 Å². The van der Waals surface area contributed by atoms with Crippen LogP contribution in [0.5, 0.6) is 0 Å². The number of nitrogens with two attached hydrogens (primary N) is 1. The number of nitriles is 1. The minimum atomic E-state index is -0.666. The van der Waals surface area contributed by atoms with E-state index in [0.29, 0.717) is 11.4 Å². The standard InChI is InChI=1S/C24H22N6O3S/c1-14-7-6-10-19(15(14)2)28-24(33)29-20(31)13-34-23-16(12-25)11-18(21(26)30-23)22(32)27-17-8-4-3-5-9-17/h3-11H,13H2,1-2H3,(H2,26,30)(H,27,32)(H2,28,29,31,33). The molecule has 1 aromatic heterocycles. The Morgan fingerprint density at radius 1 is 1.06 bits per heavy atom. The molecule has 0 saturated heterocycles. The second-order valence-electron chi connectivity index (χ2n) is 7.24. The van der Waals surface area contributed by atoms with E-state index < -0.39 is 17.8 Å². The van der Waals surface area contributed by atoms with Crippen molar-refractivity contribution in [1.29, 1.82) is 5.26 Å². The van der Waals surface area contributed by atoms with Crippen LogP contribution in [0.15, 0.2) is 59.6 Å². The minimum Gasteiger partial charge on any atom is -0.383 e. The summed E-state index contributed by atoms with van der Waals surface area (Å²) in [6.07, 6.45) is 0. The Balaban J connectivity index is 1.62. The summed E-state index contributed by atoms with van der Waals surface area (Å²) >= 11 is 0.935. The zero-order valence-corrected chi connectivity index (χ0v) is 19.3. The summed E-state index contributed by atoms with van der Waals surface area (Å²) in [6.45, 7) is 3.79. The van der Waals surface area contributed by atoms with Crippen LogP contribution in [-0.4, -0.2) is 28.6 Å². The molecule has 34 heavy (non-hydrogen) atoms. The van der Waals surface area contributed by atoms with Crippen molar-refractivity contribution in [1.82, 2.24) is 10.3 Å². The number of amides is 4. The van der Waals surface area contributed by atoms with Crippen LogP contribution in [0, 0.1) is 25.2 Å². The summed E-state index contributed by atoms with van der Waals surface area (Å²) in [5.74, 6) is -1.35. The van der Waals surface area contributed by atoms with Gasteiger partial charge in [0.1, 0.15) is 16.9 Å². The van der Waals surface area contributed by atoms with Gasteiger partial charge in [-0.3, -0.25) is 14.9 Å². The molecule has 0 atom stereocenters. The highest BCUT2D eigenvalue weighted by atomic mass is 32.2. The van der Waals surface area contributed by atoms with E-state index in [9.17, 15) is 19.6 Å². The first kappa shape index (κ1) is 24.3. The second kappa shape index (κ2) is 11.0. The predicted octanol–water partition coefficient (Wildman–Crippen LogP) is 3.85. The number of pyridine rings is 1. The van der Waals surface area contributed by atoms with Gasteiger partial charge in [-0.1, -0.05) is 42.1 Å². The number of rotatable bonds is 6. The van der Waals surface area contributed by atoms with Gasteiger partial charge in [0.25, 0.3) is 5.91 Å². The van der Waals surface area contributed by atoms with E-state index in [1.807, 2.05) is 32.0 Å². The largest absolute Gasteiger partial charge is 0.383 e. The molecule has 0 radical (unpaired) electrons. The fourth-order valence-corrected chi connectivity index (χ4v) is 3.70. The van der Waals surface area contributed by atoms with Crippen LogP contribution in [0.1, 0.15) is 27.0 Å². The maximum Gasteiger partial charge on any atom is 0.325 e. The van der Waals surface area contributed by atoms with Crippen LogP contribution in [0.25, 0.3) is 0 Å². The van der Waals surface area contributed by atoms with Gasteiger partial charge in [0, 0.05) is 11.4 Å². The van der Waals surface area contributed by atoms with Crippen LogP contribution in [0.3, 0.4) is 0 Å². The average molecular weight is 475 g/mol. The van der Waals surface area contributed by atoms with Gasteiger partial charge in [-0.2, -0.15) is 5.26 Å². The number of benzene rings is 2. The molecule has 0 aliphatic heterocycles. The predicted molar refractivity (Wildman–Crippen MR) is 132 cm³/mol. The third-order valence-electron chi connectivity index (χ3n) is 4.86. The molecular weight excluding hydrogens is 452 g/mol. The quantitative estimate of drug-likeness (QED) is 0.396. The Morgan fingerprint density at radius 3 is 2.50 bits per heavy atom. The summed E-state index contributed by atoms with van der Waals surface area (Å²) in [5.41, 5.74) is 9.15. The number of imide groups is 1. The summed E-state index contributed by atoms with van der Waals surface area (Å²) in [7, 11) is 0. The number of thioether (sulfide) groups is 1. The molecule has 172 valence electrons. The van der Waals surface area contributed by atoms with Crippen molar-refractivity contribution in [2.75, 3.05) is 22.1 Å². The molecule has 5 N–H and O–H groups in total. The Labute approximate surface area is 200 Å². The maximum absolute atomic E-state index is 12.5. The Hall–Kier alpha value is -4.36. The van der Waals surface area contributed by atoms with Gasteiger partial charge in [-0.15, -0.1) is 0 Å². The topological polar surface area (TPSA) is 150 Å². The van der Waals surface area contributed by atoms with E-state index in [1.165, 1.54) is 6.07 Å². The van der Waals surface area contributed by atoms with Crippen LogP contribution in [-0.2, 0) is 4.79 Å². The van der Waals surface area contributed by atoms with Crippen LogP contribution < -0.4 is 21.7 Å². The molecule has 0 spiro atoms. The van der Waals surface area contributed by atoms with Gasteiger partial charge < -0.3 is 16.4 Å². The zero-order valence-electron chi connectivity index (χ0n) is 18.5. The third-order valence-corrected chi connectivity index (χ3v) is 5.85. The lowest BCUT2D eigenvalue weighted by molar-refractivity contribution is -0.117. The normalized spacial score (nSPS) is 10.1. The molecule has 1 heterocycles. The highest BCUT2D eigenvalue weighted by molar-refractivity contribution is 8.00. The van der Waals surface area contributed by atoms with Crippen molar-refractivity contribution in [2.45, 2.75) is 18.9 Å². The number of urea groups is 1. The molecule has 10 heteroatoms. The number of nitrogen functional groups attached to an aromatic ring is 1. The SMILES string of the molecule is Cc1cccc(NC(=O)NC(=O)CSc2nc(N)c(C(=O)Nc3ccccc3)cc2C#N)c1C. The molecule has 0 fully saturated rings. The number of para-hydroxylation sites is 1. The van der Waals surface area contributed by atoms with Crippen molar-refractivity contribution >= 4 is 46.8 Å². The monoisotopic (exact) mass is 474 g/mol. The molecule has 2 aromatic carbocycles. The summed E-state index contributed by atoms with van der Waals surface area (Å²) in [4.78, 5) is 41.1. The molecule has 0 unspecified atom stereocenters. The van der Waals surface area contributed by atoms with Gasteiger partial charge >= 0.3 is 6.03 Å². The second-order valence-corrected chi connectivity index (χ2v) is 8.21. The number of carbonyl (C=O) groups is 3. The fourth-order valence-electron chi connectivity index (χ4n) is 2.94. The first-order valence-electron chi connectivity index (χ1n) is 10.2. The van der Waals surface area contributed by atoms with Crippen molar-refractivity contribution in [3.63, 3.8) is 0 Å². The number of anilines is 3. The van der Waals surface area contributed by atoms with Crippen LogP contribution in [0.2, 0.25) is 0 Å². The lowest BCUT2D eigenvalue weighted by Gasteiger charge is -2.11. The molecular formula is C24H22N6O3S. The van der Waals surface area contributed by atoms with Crippen molar-refractivity contribution < 1.29 is 14.4 Å². The van der Waals surface area contributed by atoms with Crippen molar-refractivity contribution in [3.8, 4) is 6.07 Å². The highest BCUT2D eigenvalue weighted by Gasteiger charge is 2.18. The molecule has 0 saturated carbocycles. The molecule has 0 aliphatic carbocycles. The van der Waals surface area contributed by atoms with E-state index in [0.717, 1.165) is 22.9 Å². The highest BCUT2D eigenvalue weighted by Crippen LogP contribution is 2.25. The number of hydrogen-bond acceptors (Lipinski definition) is 7. The van der Waals surface area contributed by atoms with Crippen molar-refractivity contribution in [2.24, 2.45) is 0 Å². The number of nitrogens with one attached hydrogen (secondary N) is 3. The average Bonchev–Trinajstić information content (AvgIpc) is 2.81. The molecule has 0 aliphatic rings. The molecule has 9 nitrogen and oxygen atoms in total. The van der Waals surface area contributed by atoms with Crippen LogP contribution in [0.4, 0.5) is 22.0 Å². The van der Waals surface area contributed by atoms with Gasteiger partial charge in [0.05, 0.1) is 16.9 Å².